The third-order valence-electron chi connectivity index (χ3n) is 7.74. The molecule has 0 bridgehead atoms. The van der Waals surface area contributed by atoms with E-state index in [1.54, 1.807) is 0 Å². The van der Waals surface area contributed by atoms with E-state index < -0.39 is 24.7 Å². The van der Waals surface area contributed by atoms with Gasteiger partial charge in [-0.1, -0.05) is 13.8 Å². The predicted octanol–water partition coefficient (Wildman–Crippen LogP) is 3.75. The van der Waals surface area contributed by atoms with Gasteiger partial charge in [-0.25, -0.2) is 0 Å². The van der Waals surface area contributed by atoms with Crippen molar-refractivity contribution in [3.8, 4) is 0 Å². The lowest BCUT2D eigenvalue weighted by Gasteiger charge is -2.60. The summed E-state index contributed by atoms with van der Waals surface area (Å²) in [5.74, 6) is 0.766. The second kappa shape index (κ2) is 4.71. The normalized spacial score (nSPS) is 71.1. The summed E-state index contributed by atoms with van der Waals surface area (Å²) < 4.78 is 41.3. The van der Waals surface area contributed by atoms with Crippen LogP contribution in [0.2, 0.25) is 0 Å². The van der Waals surface area contributed by atoms with Gasteiger partial charge in [-0.05, 0) is 92.3 Å². The molecule has 0 aromatic rings. The zero-order chi connectivity index (χ0) is 19.1. The van der Waals surface area contributed by atoms with Crippen LogP contribution < -0.4 is 0 Å². The number of hydrogen-bond donors (Lipinski definition) is 2. The highest BCUT2D eigenvalue weighted by Gasteiger charge is 2.59. The minimum atomic E-state index is -2.42. The lowest BCUT2D eigenvalue weighted by Crippen LogP contribution is -2.54. The Labute approximate surface area is 136 Å². The van der Waals surface area contributed by atoms with E-state index in [0.717, 1.165) is 38.5 Å². The van der Waals surface area contributed by atoms with Crippen molar-refractivity contribution in [1.29, 1.82) is 0 Å². The van der Waals surface area contributed by atoms with Crippen molar-refractivity contribution in [2.75, 3.05) is 0 Å². The van der Waals surface area contributed by atoms with Crippen LogP contribution in [0.5, 0.6) is 0 Å². The maximum absolute atomic E-state index is 10.9. The van der Waals surface area contributed by atoms with Crippen LogP contribution in [0.3, 0.4) is 0 Å². The van der Waals surface area contributed by atoms with Crippen molar-refractivity contribution in [3.63, 3.8) is 0 Å². The zero-order valence-corrected chi connectivity index (χ0v) is 13.0. The number of hydrogen-bond acceptors (Lipinski definition) is 2. The molecule has 120 valence electrons. The second-order valence-corrected chi connectivity index (χ2v) is 8.42. The summed E-state index contributed by atoms with van der Waals surface area (Å²) in [6, 6.07) is 0. The van der Waals surface area contributed by atoms with E-state index in [-0.39, 0.29) is 23.4 Å². The molecule has 2 N–H and O–H groups in total. The van der Waals surface area contributed by atoms with Crippen molar-refractivity contribution < 1.29 is 17.1 Å². The molecule has 4 fully saturated rings. The molecule has 4 aliphatic rings. The smallest absolute Gasteiger partial charge is 0.0606 e. The molecule has 0 spiro atoms. The van der Waals surface area contributed by atoms with E-state index in [0.29, 0.717) is 24.7 Å². The molecule has 2 nitrogen and oxygen atoms in total. The van der Waals surface area contributed by atoms with Crippen LogP contribution in [-0.2, 0) is 0 Å². The van der Waals surface area contributed by atoms with Crippen LogP contribution in [-0.4, -0.2) is 22.4 Å². The van der Waals surface area contributed by atoms with Gasteiger partial charge >= 0.3 is 0 Å². The Bertz CT molecular complexity index is 579. The molecule has 21 heavy (non-hydrogen) atoms. The van der Waals surface area contributed by atoms with Crippen molar-refractivity contribution in [2.24, 2.45) is 34.5 Å². The summed E-state index contributed by atoms with van der Waals surface area (Å²) in [4.78, 5) is 0. The molecule has 0 heterocycles. The molecule has 0 aromatic carbocycles. The minimum absolute atomic E-state index is 0.114. The summed E-state index contributed by atoms with van der Waals surface area (Å²) in [6.07, 6.45) is 2.42. The highest BCUT2D eigenvalue weighted by atomic mass is 16.3. The average Bonchev–Trinajstić information content (AvgIpc) is 2.75. The first-order valence-electron chi connectivity index (χ1n) is 11.4. The summed E-state index contributed by atoms with van der Waals surface area (Å²) in [5, 5.41) is 21.0. The quantitative estimate of drug-likeness (QED) is 0.715. The van der Waals surface area contributed by atoms with Gasteiger partial charge in [0.15, 0.2) is 0 Å². The van der Waals surface area contributed by atoms with E-state index >= 15 is 0 Å². The molecule has 0 amide bonds. The first-order valence-corrected chi connectivity index (χ1v) is 8.78. The van der Waals surface area contributed by atoms with Gasteiger partial charge in [0.05, 0.1) is 13.6 Å². The van der Waals surface area contributed by atoms with Crippen LogP contribution in [0.25, 0.3) is 0 Å². The number of rotatable bonds is 0. The van der Waals surface area contributed by atoms with Crippen molar-refractivity contribution in [2.45, 2.75) is 83.7 Å². The number of aliphatic hydroxyl groups excluding tert-OH is 1. The van der Waals surface area contributed by atoms with Gasteiger partial charge in [-0.3, -0.25) is 0 Å². The molecule has 4 aliphatic carbocycles. The molecule has 0 saturated heterocycles. The molecule has 4 rings (SSSR count). The lowest BCUT2D eigenvalue weighted by molar-refractivity contribution is -0.133. The number of aliphatic hydroxyl groups is 2. The van der Waals surface area contributed by atoms with Crippen molar-refractivity contribution in [3.05, 3.63) is 0 Å². The first-order chi connectivity index (χ1) is 11.9. The summed E-state index contributed by atoms with van der Waals surface area (Å²) in [5.41, 5.74) is -1.35. The Kier molecular flexibility index (Phi) is 2.22. The van der Waals surface area contributed by atoms with Crippen LogP contribution in [0.15, 0.2) is 0 Å². The van der Waals surface area contributed by atoms with Crippen molar-refractivity contribution in [1.82, 2.24) is 0 Å². The molecule has 9 atom stereocenters. The van der Waals surface area contributed by atoms with Crippen LogP contribution >= 0.6 is 0 Å². The fraction of sp³-hybridized carbons (Fsp3) is 1.00. The van der Waals surface area contributed by atoms with E-state index in [1.165, 1.54) is 0 Å². The maximum atomic E-state index is 10.9. The van der Waals surface area contributed by atoms with E-state index in [2.05, 4.69) is 6.92 Å². The van der Waals surface area contributed by atoms with Gasteiger partial charge in [0.25, 0.3) is 0 Å². The summed E-state index contributed by atoms with van der Waals surface area (Å²) >= 11 is 0. The van der Waals surface area contributed by atoms with Crippen LogP contribution in [0.4, 0.5) is 0 Å². The third-order valence-corrected chi connectivity index (χ3v) is 7.74. The Morgan fingerprint density at radius 1 is 1.05 bits per heavy atom. The SMILES string of the molecule is [2H]C1C[C@H]2[C@@H]3CC[C@@H]4C[C@H](O)CC[C@]4(C)[C@H]3CC[C@]2(C([2H])([2H])[2H])[C@@]1([2H])O. The average molecular weight is 297 g/mol. The van der Waals surface area contributed by atoms with Crippen molar-refractivity contribution >= 4 is 0 Å². The molecule has 4 saturated carbocycles. The Morgan fingerprint density at radius 3 is 2.62 bits per heavy atom. The molecular formula is C19H32O2. The Morgan fingerprint density at radius 2 is 1.81 bits per heavy atom. The predicted molar refractivity (Wildman–Crippen MR) is 83.7 cm³/mol. The largest absolute Gasteiger partial charge is 0.393 e. The maximum Gasteiger partial charge on any atom is 0.0606 e. The number of fused-ring (bicyclic) bond motifs is 5. The van der Waals surface area contributed by atoms with Gasteiger partial charge in [-0.2, -0.15) is 0 Å². The second-order valence-electron chi connectivity index (χ2n) is 8.42. The highest BCUT2D eigenvalue weighted by Crippen LogP contribution is 2.66. The zero-order valence-electron chi connectivity index (χ0n) is 18.0. The lowest BCUT2D eigenvalue weighted by atomic mass is 9.45. The monoisotopic (exact) mass is 297 g/mol. The van der Waals surface area contributed by atoms with Crippen LogP contribution in [0.1, 0.15) is 78.4 Å². The van der Waals surface area contributed by atoms with Gasteiger partial charge < -0.3 is 10.2 Å². The van der Waals surface area contributed by atoms with E-state index in [9.17, 15) is 10.2 Å². The minimum Gasteiger partial charge on any atom is -0.393 e. The summed E-state index contributed by atoms with van der Waals surface area (Å²) in [6.45, 7) is -0.0990. The molecule has 2 heteroatoms. The topological polar surface area (TPSA) is 40.5 Å². The van der Waals surface area contributed by atoms with Gasteiger partial charge in [0.2, 0.25) is 0 Å². The highest BCUT2D eigenvalue weighted by molar-refractivity contribution is 5.09. The van der Waals surface area contributed by atoms with E-state index in [1.807, 2.05) is 0 Å². The fourth-order valence-electron chi connectivity index (χ4n) is 6.49. The standard InChI is InChI=1S/C19H32O2/c1-18-9-7-13(20)11-12(18)3-4-14-15-5-6-17(21)19(15,2)10-8-16(14)18/h12-17,20-21H,3-11H2,1-2H3/t12-,13-,14+,15+,16+,17+,18+,19+/m1/s1/i2D3,6D,17D/t6?,12-,13-,14+,15+,16+,17+,18+,19+. The van der Waals surface area contributed by atoms with Gasteiger partial charge in [-0.15, -0.1) is 0 Å². The fourth-order valence-corrected chi connectivity index (χ4v) is 6.49. The Hall–Kier alpha value is -0.0800. The van der Waals surface area contributed by atoms with Gasteiger partial charge in [0.1, 0.15) is 0 Å². The Balaban J connectivity index is 1.73. The molecule has 0 aromatic heterocycles. The van der Waals surface area contributed by atoms with Gasteiger partial charge in [0, 0.05) is 5.48 Å². The van der Waals surface area contributed by atoms with Crippen LogP contribution in [0, 0.1) is 34.5 Å². The molecule has 0 aliphatic heterocycles. The van der Waals surface area contributed by atoms with E-state index in [4.69, 9.17) is 6.85 Å². The summed E-state index contributed by atoms with van der Waals surface area (Å²) in [7, 11) is 0. The molecule has 0 radical (unpaired) electrons. The molecule has 1 unspecified atom stereocenters. The molecular weight excluding hydrogens is 260 g/mol. The first kappa shape index (κ1) is 9.93. The third kappa shape index (κ3) is 1.91.